The van der Waals surface area contributed by atoms with Crippen molar-refractivity contribution < 1.29 is 9.47 Å². The topological polar surface area (TPSA) is 24.9 Å². The maximum atomic E-state index is 5.67. The van der Waals surface area contributed by atoms with Crippen LogP contribution in [0.25, 0.3) is 0 Å². The number of hydrogen-bond donors (Lipinski definition) is 0. The van der Waals surface area contributed by atoms with Crippen molar-refractivity contribution in [3.63, 3.8) is 0 Å². The second-order valence-electron chi connectivity index (χ2n) is 4.76. The Hall–Kier alpha value is -1.26. The van der Waals surface area contributed by atoms with E-state index in [1.165, 1.54) is 5.69 Å². The first kappa shape index (κ1) is 11.8. The fourth-order valence-corrected chi connectivity index (χ4v) is 2.55. The Balaban J connectivity index is 1.60. The fourth-order valence-electron chi connectivity index (χ4n) is 2.55. The minimum atomic E-state index is 0.792. The first-order valence-corrected chi connectivity index (χ1v) is 6.70. The molecular formula is C14H20N2O2. The molecule has 0 aromatic heterocycles. The number of nitrogens with zero attached hydrogens (tertiary/aromatic N) is 2. The van der Waals surface area contributed by atoms with Gasteiger partial charge in [0.25, 0.3) is 0 Å². The number of rotatable bonds is 3. The molecule has 98 valence electrons. The number of fused-ring (bicyclic) bond motifs is 1. The summed E-state index contributed by atoms with van der Waals surface area (Å²) in [4.78, 5) is 4.90. The molecule has 3 rings (SSSR count). The van der Waals surface area contributed by atoms with Gasteiger partial charge in [0.2, 0.25) is 0 Å². The summed E-state index contributed by atoms with van der Waals surface area (Å²) in [7, 11) is 0. The molecular weight excluding hydrogens is 228 g/mol. The molecule has 0 N–H and O–H groups in total. The lowest BCUT2D eigenvalue weighted by Crippen LogP contribution is -2.43. The molecule has 2 aliphatic heterocycles. The maximum absolute atomic E-state index is 5.67. The highest BCUT2D eigenvalue weighted by Crippen LogP contribution is 2.30. The third kappa shape index (κ3) is 2.60. The SMILES string of the molecule is c1ccc2c(c1)OCCN2CCN1CCOCC1. The van der Waals surface area contributed by atoms with Crippen molar-refractivity contribution in [1.82, 2.24) is 4.90 Å². The van der Waals surface area contributed by atoms with E-state index in [-0.39, 0.29) is 0 Å². The molecule has 0 radical (unpaired) electrons. The van der Waals surface area contributed by atoms with E-state index >= 15 is 0 Å². The normalized spacial score (nSPS) is 20.3. The van der Waals surface area contributed by atoms with Crippen molar-refractivity contribution in [3.05, 3.63) is 24.3 Å². The standard InChI is InChI=1S/C14H20N2O2/c1-2-4-14-13(3-1)16(9-12-18-14)6-5-15-7-10-17-11-8-15/h1-4H,5-12H2. The highest BCUT2D eigenvalue weighted by atomic mass is 16.5. The second-order valence-corrected chi connectivity index (χ2v) is 4.76. The van der Waals surface area contributed by atoms with Crippen LogP contribution in [0.15, 0.2) is 24.3 Å². The monoisotopic (exact) mass is 248 g/mol. The van der Waals surface area contributed by atoms with E-state index in [2.05, 4.69) is 28.0 Å². The zero-order valence-corrected chi connectivity index (χ0v) is 10.7. The minimum absolute atomic E-state index is 0.792. The van der Waals surface area contributed by atoms with Crippen LogP contribution in [0.1, 0.15) is 0 Å². The molecule has 1 saturated heterocycles. The van der Waals surface area contributed by atoms with E-state index in [1.54, 1.807) is 0 Å². The molecule has 1 aromatic rings. The molecule has 0 atom stereocenters. The Labute approximate surface area is 108 Å². The van der Waals surface area contributed by atoms with Gasteiger partial charge in [0.1, 0.15) is 12.4 Å². The van der Waals surface area contributed by atoms with Crippen molar-refractivity contribution in [3.8, 4) is 5.75 Å². The molecule has 0 aliphatic carbocycles. The second kappa shape index (κ2) is 5.59. The van der Waals surface area contributed by atoms with Crippen LogP contribution in [0, 0.1) is 0 Å². The van der Waals surface area contributed by atoms with Crippen LogP contribution in [-0.2, 0) is 4.74 Å². The molecule has 0 bridgehead atoms. The molecule has 18 heavy (non-hydrogen) atoms. The van der Waals surface area contributed by atoms with Crippen molar-refractivity contribution >= 4 is 5.69 Å². The van der Waals surface area contributed by atoms with Gasteiger partial charge >= 0.3 is 0 Å². The van der Waals surface area contributed by atoms with E-state index < -0.39 is 0 Å². The average molecular weight is 248 g/mol. The lowest BCUT2D eigenvalue weighted by atomic mass is 10.2. The molecule has 2 heterocycles. The summed E-state index contributed by atoms with van der Waals surface area (Å²) in [5, 5.41) is 0. The van der Waals surface area contributed by atoms with Crippen molar-refractivity contribution in [2.24, 2.45) is 0 Å². The van der Waals surface area contributed by atoms with Gasteiger partial charge in [-0.15, -0.1) is 0 Å². The molecule has 4 nitrogen and oxygen atoms in total. The molecule has 0 unspecified atom stereocenters. The Morgan fingerprint density at radius 2 is 1.78 bits per heavy atom. The quantitative estimate of drug-likeness (QED) is 0.803. The van der Waals surface area contributed by atoms with Crippen LogP contribution in [0.4, 0.5) is 5.69 Å². The van der Waals surface area contributed by atoms with Gasteiger partial charge in [-0.3, -0.25) is 4.90 Å². The van der Waals surface area contributed by atoms with Crippen molar-refractivity contribution in [2.45, 2.75) is 0 Å². The van der Waals surface area contributed by atoms with Gasteiger partial charge in [0.15, 0.2) is 0 Å². The molecule has 4 heteroatoms. The Morgan fingerprint density at radius 1 is 0.944 bits per heavy atom. The van der Waals surface area contributed by atoms with E-state index in [4.69, 9.17) is 9.47 Å². The Bertz CT molecular complexity index is 391. The van der Waals surface area contributed by atoms with Crippen LogP contribution in [0.2, 0.25) is 0 Å². The number of benzene rings is 1. The van der Waals surface area contributed by atoms with Crippen molar-refractivity contribution in [1.29, 1.82) is 0 Å². The van der Waals surface area contributed by atoms with Crippen LogP contribution in [0.5, 0.6) is 5.75 Å². The number of morpholine rings is 1. The fraction of sp³-hybridized carbons (Fsp3) is 0.571. The smallest absolute Gasteiger partial charge is 0.142 e. The first-order valence-electron chi connectivity index (χ1n) is 6.70. The van der Waals surface area contributed by atoms with E-state index in [0.717, 1.165) is 58.3 Å². The number of ether oxygens (including phenoxy) is 2. The van der Waals surface area contributed by atoms with Gasteiger partial charge in [0, 0.05) is 26.2 Å². The number of hydrogen-bond acceptors (Lipinski definition) is 4. The summed E-state index contributed by atoms with van der Waals surface area (Å²) in [6.45, 7) is 7.83. The lowest BCUT2D eigenvalue weighted by Gasteiger charge is -2.34. The van der Waals surface area contributed by atoms with Crippen molar-refractivity contribution in [2.75, 3.05) is 57.4 Å². The predicted molar refractivity (Wildman–Crippen MR) is 71.4 cm³/mol. The largest absolute Gasteiger partial charge is 0.490 e. The zero-order valence-electron chi connectivity index (χ0n) is 10.7. The summed E-state index contributed by atoms with van der Waals surface area (Å²) in [5.74, 6) is 1.02. The number of para-hydroxylation sites is 2. The highest BCUT2D eigenvalue weighted by Gasteiger charge is 2.18. The summed E-state index contributed by atoms with van der Waals surface area (Å²) in [5.41, 5.74) is 1.23. The van der Waals surface area contributed by atoms with Crippen LogP contribution < -0.4 is 9.64 Å². The van der Waals surface area contributed by atoms with Gasteiger partial charge in [-0.1, -0.05) is 12.1 Å². The van der Waals surface area contributed by atoms with Gasteiger partial charge in [-0.05, 0) is 12.1 Å². The van der Waals surface area contributed by atoms with Gasteiger partial charge < -0.3 is 14.4 Å². The van der Waals surface area contributed by atoms with E-state index in [0.29, 0.717) is 0 Å². The molecule has 2 aliphatic rings. The molecule has 0 saturated carbocycles. The maximum Gasteiger partial charge on any atom is 0.142 e. The molecule has 0 spiro atoms. The van der Waals surface area contributed by atoms with E-state index in [9.17, 15) is 0 Å². The lowest BCUT2D eigenvalue weighted by molar-refractivity contribution is 0.0390. The van der Waals surface area contributed by atoms with Gasteiger partial charge in [0.05, 0.1) is 25.4 Å². The first-order chi connectivity index (χ1) is 8.93. The van der Waals surface area contributed by atoms with Gasteiger partial charge in [-0.2, -0.15) is 0 Å². The zero-order chi connectivity index (χ0) is 12.2. The molecule has 1 aromatic carbocycles. The average Bonchev–Trinajstić information content (AvgIpc) is 2.46. The number of anilines is 1. The summed E-state index contributed by atoms with van der Waals surface area (Å²) in [6, 6.07) is 8.31. The minimum Gasteiger partial charge on any atom is -0.490 e. The Morgan fingerprint density at radius 3 is 2.67 bits per heavy atom. The van der Waals surface area contributed by atoms with Crippen LogP contribution in [-0.4, -0.2) is 57.4 Å². The third-order valence-electron chi connectivity index (χ3n) is 3.61. The third-order valence-corrected chi connectivity index (χ3v) is 3.61. The predicted octanol–water partition coefficient (Wildman–Crippen LogP) is 1.22. The summed E-state index contributed by atoms with van der Waals surface area (Å²) < 4.78 is 11.0. The summed E-state index contributed by atoms with van der Waals surface area (Å²) in [6.07, 6.45) is 0. The van der Waals surface area contributed by atoms with Crippen LogP contribution >= 0.6 is 0 Å². The van der Waals surface area contributed by atoms with Crippen LogP contribution in [0.3, 0.4) is 0 Å². The van der Waals surface area contributed by atoms with Gasteiger partial charge in [-0.25, -0.2) is 0 Å². The summed E-state index contributed by atoms with van der Waals surface area (Å²) >= 11 is 0. The molecule has 1 fully saturated rings. The Kier molecular flexibility index (Phi) is 3.67. The van der Waals surface area contributed by atoms with E-state index in [1.807, 2.05) is 6.07 Å². The molecule has 0 amide bonds. The highest BCUT2D eigenvalue weighted by molar-refractivity contribution is 5.59.